The van der Waals surface area contributed by atoms with Gasteiger partial charge in [-0.3, -0.25) is 4.31 Å². The predicted molar refractivity (Wildman–Crippen MR) is 109 cm³/mol. The van der Waals surface area contributed by atoms with E-state index in [0.29, 0.717) is 22.6 Å². The molecule has 0 aliphatic heterocycles. The molecule has 3 aromatic carbocycles. The Hall–Kier alpha value is -2.86. The Morgan fingerprint density at radius 2 is 1.71 bits per heavy atom. The molecule has 0 unspecified atom stereocenters. The van der Waals surface area contributed by atoms with E-state index >= 15 is 0 Å². The van der Waals surface area contributed by atoms with Crippen molar-refractivity contribution >= 4 is 15.7 Å². The first-order valence-corrected chi connectivity index (χ1v) is 10.2. The number of anilines is 1. The molecule has 3 aromatic rings. The van der Waals surface area contributed by atoms with Crippen molar-refractivity contribution < 1.29 is 17.5 Å². The van der Waals surface area contributed by atoms with Gasteiger partial charge in [-0.1, -0.05) is 36.4 Å². The summed E-state index contributed by atoms with van der Waals surface area (Å²) >= 11 is 0. The van der Waals surface area contributed by atoms with Gasteiger partial charge >= 0.3 is 0 Å². The Kier molecular flexibility index (Phi) is 5.70. The second-order valence-corrected chi connectivity index (χ2v) is 8.40. The molecule has 146 valence electrons. The number of rotatable bonds is 6. The molecule has 0 heterocycles. The van der Waals surface area contributed by atoms with E-state index in [-0.39, 0.29) is 11.4 Å². The fourth-order valence-corrected chi connectivity index (χ4v) is 4.73. The molecular formula is C22H22FNO3S. The average Bonchev–Trinajstić information content (AvgIpc) is 2.68. The molecule has 0 N–H and O–H groups in total. The number of para-hydroxylation sites is 1. The normalized spacial score (nSPS) is 11.3. The Labute approximate surface area is 165 Å². The van der Waals surface area contributed by atoms with E-state index in [9.17, 15) is 12.8 Å². The maximum Gasteiger partial charge on any atom is 0.264 e. The molecule has 0 saturated heterocycles. The van der Waals surface area contributed by atoms with Crippen LogP contribution in [0.25, 0.3) is 0 Å². The van der Waals surface area contributed by atoms with Crippen molar-refractivity contribution in [3.8, 4) is 5.75 Å². The minimum Gasteiger partial charge on any atom is -0.496 e. The first-order valence-electron chi connectivity index (χ1n) is 8.80. The van der Waals surface area contributed by atoms with Crippen molar-refractivity contribution in [2.45, 2.75) is 25.3 Å². The van der Waals surface area contributed by atoms with Crippen LogP contribution in [0.15, 0.2) is 71.6 Å². The van der Waals surface area contributed by atoms with Crippen molar-refractivity contribution in [1.82, 2.24) is 0 Å². The molecule has 0 bridgehead atoms. The number of ether oxygens (including phenoxy) is 1. The minimum absolute atomic E-state index is 0.0519. The van der Waals surface area contributed by atoms with Gasteiger partial charge in [0, 0.05) is 5.56 Å². The molecule has 28 heavy (non-hydrogen) atoms. The molecule has 0 amide bonds. The molecule has 3 rings (SSSR count). The van der Waals surface area contributed by atoms with Gasteiger partial charge in [0.2, 0.25) is 0 Å². The fraction of sp³-hybridized carbons (Fsp3) is 0.182. The zero-order chi connectivity index (χ0) is 20.3. The van der Waals surface area contributed by atoms with Crippen LogP contribution < -0.4 is 9.04 Å². The highest BCUT2D eigenvalue weighted by Crippen LogP contribution is 2.30. The lowest BCUT2D eigenvalue weighted by molar-refractivity contribution is 0.410. The van der Waals surface area contributed by atoms with Gasteiger partial charge in [-0.15, -0.1) is 0 Å². The molecule has 0 atom stereocenters. The van der Waals surface area contributed by atoms with Gasteiger partial charge in [0.1, 0.15) is 11.6 Å². The predicted octanol–water partition coefficient (Wildman–Crippen LogP) is 4.85. The van der Waals surface area contributed by atoms with Crippen LogP contribution in [0.2, 0.25) is 0 Å². The summed E-state index contributed by atoms with van der Waals surface area (Å²) in [5.41, 5.74) is 2.63. The molecule has 0 aromatic heterocycles. The Balaban J connectivity index is 2.17. The van der Waals surface area contributed by atoms with Crippen molar-refractivity contribution in [3.05, 3.63) is 89.2 Å². The van der Waals surface area contributed by atoms with Crippen LogP contribution >= 0.6 is 0 Å². The van der Waals surface area contributed by atoms with E-state index in [1.54, 1.807) is 38.3 Å². The Morgan fingerprint density at radius 1 is 0.964 bits per heavy atom. The summed E-state index contributed by atoms with van der Waals surface area (Å²) in [6, 6.07) is 18.3. The topological polar surface area (TPSA) is 46.6 Å². The highest BCUT2D eigenvalue weighted by Gasteiger charge is 2.28. The molecule has 0 saturated carbocycles. The Morgan fingerprint density at radius 3 is 2.43 bits per heavy atom. The summed E-state index contributed by atoms with van der Waals surface area (Å²) in [4.78, 5) is -0.0519. The maximum atomic E-state index is 13.9. The van der Waals surface area contributed by atoms with E-state index in [1.165, 1.54) is 16.4 Å². The summed E-state index contributed by atoms with van der Waals surface area (Å²) in [7, 11) is -2.47. The van der Waals surface area contributed by atoms with E-state index in [0.717, 1.165) is 11.6 Å². The van der Waals surface area contributed by atoms with Crippen LogP contribution in [0.4, 0.5) is 10.1 Å². The van der Waals surface area contributed by atoms with Gasteiger partial charge in [-0.2, -0.15) is 0 Å². The summed E-state index contributed by atoms with van der Waals surface area (Å²) < 4.78 is 47.6. The molecule has 6 heteroatoms. The van der Waals surface area contributed by atoms with Gasteiger partial charge in [0.05, 0.1) is 24.2 Å². The van der Waals surface area contributed by atoms with Gasteiger partial charge < -0.3 is 4.74 Å². The van der Waals surface area contributed by atoms with Crippen LogP contribution in [-0.4, -0.2) is 15.5 Å². The average molecular weight is 399 g/mol. The summed E-state index contributed by atoms with van der Waals surface area (Å²) in [5.74, 6) is -0.00280. The molecule has 0 fully saturated rings. The van der Waals surface area contributed by atoms with Gasteiger partial charge in [-0.25, -0.2) is 12.8 Å². The molecule has 0 radical (unpaired) electrons. The maximum absolute atomic E-state index is 13.9. The van der Waals surface area contributed by atoms with E-state index in [2.05, 4.69) is 0 Å². The van der Waals surface area contributed by atoms with E-state index in [4.69, 9.17) is 4.74 Å². The summed E-state index contributed by atoms with van der Waals surface area (Å²) in [6.07, 6.45) is 0. The lowest BCUT2D eigenvalue weighted by Crippen LogP contribution is -2.31. The second-order valence-electron chi connectivity index (χ2n) is 6.57. The highest BCUT2D eigenvalue weighted by atomic mass is 32.2. The third-order valence-corrected chi connectivity index (χ3v) is 6.43. The van der Waals surface area contributed by atoms with E-state index in [1.807, 2.05) is 31.2 Å². The molecule has 0 aliphatic rings. The highest BCUT2D eigenvalue weighted by molar-refractivity contribution is 7.92. The third-order valence-electron chi connectivity index (χ3n) is 4.51. The third kappa shape index (κ3) is 4.02. The van der Waals surface area contributed by atoms with Crippen LogP contribution in [0, 0.1) is 19.7 Å². The quantitative estimate of drug-likeness (QED) is 0.595. The lowest BCUT2D eigenvalue weighted by Gasteiger charge is -2.26. The number of methoxy groups -OCH3 is 1. The number of halogens is 1. The van der Waals surface area contributed by atoms with Crippen LogP contribution in [0.1, 0.15) is 16.7 Å². The second kappa shape index (κ2) is 8.02. The number of sulfonamides is 1. The van der Waals surface area contributed by atoms with Crippen molar-refractivity contribution in [1.29, 1.82) is 0 Å². The molecular weight excluding hydrogens is 377 g/mol. The minimum atomic E-state index is -4.01. The number of benzene rings is 3. The van der Waals surface area contributed by atoms with Crippen LogP contribution in [0.3, 0.4) is 0 Å². The van der Waals surface area contributed by atoms with Crippen molar-refractivity contribution in [2.24, 2.45) is 0 Å². The number of hydrogen-bond donors (Lipinski definition) is 0. The van der Waals surface area contributed by atoms with Crippen molar-refractivity contribution in [2.75, 3.05) is 11.4 Å². The van der Waals surface area contributed by atoms with E-state index < -0.39 is 15.8 Å². The first-order chi connectivity index (χ1) is 13.3. The standard InChI is InChI=1S/C22H22FNO3S/c1-16-7-6-9-20(13-16)24(15-18-8-4-5-10-21(18)27-3)28(25,26)22-14-19(23)12-11-17(22)2/h4-14H,15H2,1-3H3. The van der Waals surface area contributed by atoms with Crippen molar-refractivity contribution in [3.63, 3.8) is 0 Å². The van der Waals surface area contributed by atoms with Gasteiger partial charge in [0.25, 0.3) is 10.0 Å². The summed E-state index contributed by atoms with van der Waals surface area (Å²) in [5, 5.41) is 0. The lowest BCUT2D eigenvalue weighted by atomic mass is 10.2. The molecule has 0 spiro atoms. The molecule has 4 nitrogen and oxygen atoms in total. The van der Waals surface area contributed by atoms with Gasteiger partial charge in [0.15, 0.2) is 0 Å². The smallest absolute Gasteiger partial charge is 0.264 e. The summed E-state index contributed by atoms with van der Waals surface area (Å²) in [6.45, 7) is 3.61. The largest absolute Gasteiger partial charge is 0.496 e. The van der Waals surface area contributed by atoms with Gasteiger partial charge in [-0.05, 0) is 55.3 Å². The fourth-order valence-electron chi connectivity index (χ4n) is 3.06. The number of aryl methyl sites for hydroxylation is 2. The zero-order valence-corrected chi connectivity index (χ0v) is 16.8. The Bertz CT molecular complexity index is 1100. The number of nitrogens with zero attached hydrogens (tertiary/aromatic N) is 1. The monoisotopic (exact) mass is 399 g/mol. The van der Waals surface area contributed by atoms with Crippen LogP contribution in [0.5, 0.6) is 5.75 Å². The van der Waals surface area contributed by atoms with Crippen LogP contribution in [-0.2, 0) is 16.6 Å². The SMILES string of the molecule is COc1ccccc1CN(c1cccc(C)c1)S(=O)(=O)c1cc(F)ccc1C. The molecule has 0 aliphatic carbocycles. The first kappa shape index (κ1) is 19.9. The zero-order valence-electron chi connectivity index (χ0n) is 16.0. The number of hydrogen-bond acceptors (Lipinski definition) is 3.